The van der Waals surface area contributed by atoms with Crippen molar-refractivity contribution < 1.29 is 4.74 Å². The predicted molar refractivity (Wildman–Crippen MR) is 80.2 cm³/mol. The summed E-state index contributed by atoms with van der Waals surface area (Å²) in [7, 11) is 1.76. The molecule has 0 heterocycles. The molecule has 3 heteroatoms. The Morgan fingerprint density at radius 3 is 2.67 bits per heavy atom. The largest absolute Gasteiger partial charge is 0.381 e. The first-order chi connectivity index (χ1) is 8.40. The van der Waals surface area contributed by atoms with Crippen LogP contribution in [0.5, 0.6) is 0 Å². The van der Waals surface area contributed by atoms with Crippen LogP contribution in [0.15, 0.2) is 29.2 Å². The topological polar surface area (TPSA) is 21.3 Å². The van der Waals surface area contributed by atoms with Gasteiger partial charge in [-0.25, -0.2) is 0 Å². The van der Waals surface area contributed by atoms with Crippen LogP contribution in [0.1, 0.15) is 33.3 Å². The number of rotatable bonds is 6. The highest BCUT2D eigenvalue weighted by molar-refractivity contribution is 7.99. The molecule has 2 nitrogen and oxygen atoms in total. The van der Waals surface area contributed by atoms with Gasteiger partial charge in [-0.05, 0) is 45.4 Å². The molecule has 18 heavy (non-hydrogen) atoms. The Morgan fingerprint density at radius 2 is 2.06 bits per heavy atom. The van der Waals surface area contributed by atoms with Crippen LogP contribution in [0, 0.1) is 0 Å². The number of thioether (sulfide) groups is 1. The van der Waals surface area contributed by atoms with E-state index in [-0.39, 0.29) is 5.54 Å². The van der Waals surface area contributed by atoms with Gasteiger partial charge in [-0.1, -0.05) is 12.1 Å². The molecule has 1 atom stereocenters. The number of benzene rings is 1. The Morgan fingerprint density at radius 1 is 1.33 bits per heavy atom. The van der Waals surface area contributed by atoms with Gasteiger partial charge in [0.25, 0.3) is 0 Å². The number of nitrogens with one attached hydrogen (secondary N) is 1. The Labute approximate surface area is 116 Å². The first kappa shape index (κ1) is 15.5. The van der Waals surface area contributed by atoms with Crippen molar-refractivity contribution >= 4 is 11.8 Å². The van der Waals surface area contributed by atoms with Gasteiger partial charge in [-0.3, -0.25) is 0 Å². The summed E-state index contributed by atoms with van der Waals surface area (Å²) in [4.78, 5) is 1.31. The SMILES string of the molecule is COC(C)CSc1cccc(CNC(C)(C)C)c1. The summed E-state index contributed by atoms with van der Waals surface area (Å²) in [5.74, 6) is 0.993. The molecule has 1 unspecified atom stereocenters. The fourth-order valence-electron chi connectivity index (χ4n) is 1.39. The minimum Gasteiger partial charge on any atom is -0.381 e. The lowest BCUT2D eigenvalue weighted by molar-refractivity contribution is 0.138. The van der Waals surface area contributed by atoms with Crippen molar-refractivity contribution in [2.24, 2.45) is 0 Å². The molecule has 1 N–H and O–H groups in total. The minimum absolute atomic E-state index is 0.160. The smallest absolute Gasteiger partial charge is 0.0637 e. The van der Waals surface area contributed by atoms with Gasteiger partial charge in [0.05, 0.1) is 6.10 Å². The molecule has 0 amide bonds. The summed E-state index contributed by atoms with van der Waals surface area (Å²) in [5.41, 5.74) is 1.49. The van der Waals surface area contributed by atoms with Crippen molar-refractivity contribution in [1.29, 1.82) is 0 Å². The number of methoxy groups -OCH3 is 1. The molecule has 1 aromatic carbocycles. The zero-order valence-electron chi connectivity index (χ0n) is 12.1. The maximum atomic E-state index is 5.26. The number of hydrogen-bond acceptors (Lipinski definition) is 3. The van der Waals surface area contributed by atoms with E-state index >= 15 is 0 Å². The molecule has 0 bridgehead atoms. The summed E-state index contributed by atoms with van der Waals surface area (Å²) in [6.07, 6.45) is 0.298. The fourth-order valence-corrected chi connectivity index (χ4v) is 2.37. The van der Waals surface area contributed by atoms with Crippen molar-refractivity contribution in [3.05, 3.63) is 29.8 Å². The van der Waals surface area contributed by atoms with E-state index in [2.05, 4.69) is 57.3 Å². The van der Waals surface area contributed by atoms with E-state index in [1.807, 2.05) is 11.8 Å². The normalized spacial score (nSPS) is 13.6. The number of ether oxygens (including phenoxy) is 1. The van der Waals surface area contributed by atoms with Gasteiger partial charge in [0.15, 0.2) is 0 Å². The average molecular weight is 267 g/mol. The van der Waals surface area contributed by atoms with Gasteiger partial charge < -0.3 is 10.1 Å². The van der Waals surface area contributed by atoms with E-state index in [9.17, 15) is 0 Å². The average Bonchev–Trinajstić information content (AvgIpc) is 2.33. The van der Waals surface area contributed by atoms with Crippen LogP contribution >= 0.6 is 11.8 Å². The third-order valence-electron chi connectivity index (χ3n) is 2.61. The molecule has 0 saturated heterocycles. The van der Waals surface area contributed by atoms with Gasteiger partial charge in [-0.2, -0.15) is 0 Å². The molecular formula is C15H25NOS. The van der Waals surface area contributed by atoms with Gasteiger partial charge in [0.2, 0.25) is 0 Å². The molecule has 0 radical (unpaired) electrons. The van der Waals surface area contributed by atoms with Crippen molar-refractivity contribution in [2.75, 3.05) is 12.9 Å². The Kier molecular flexibility index (Phi) is 6.19. The van der Waals surface area contributed by atoms with Crippen LogP contribution in [0.3, 0.4) is 0 Å². The highest BCUT2D eigenvalue weighted by Crippen LogP contribution is 2.20. The second-order valence-electron chi connectivity index (χ2n) is 5.61. The zero-order chi connectivity index (χ0) is 13.6. The maximum Gasteiger partial charge on any atom is 0.0637 e. The highest BCUT2D eigenvalue weighted by atomic mass is 32.2. The fraction of sp³-hybridized carbons (Fsp3) is 0.600. The van der Waals surface area contributed by atoms with E-state index in [1.54, 1.807) is 7.11 Å². The van der Waals surface area contributed by atoms with Crippen LogP contribution in [0.25, 0.3) is 0 Å². The minimum atomic E-state index is 0.160. The van der Waals surface area contributed by atoms with Crippen LogP contribution in [0.4, 0.5) is 0 Å². The maximum absolute atomic E-state index is 5.26. The van der Waals surface area contributed by atoms with Crippen LogP contribution in [-0.2, 0) is 11.3 Å². The van der Waals surface area contributed by atoms with E-state index in [0.717, 1.165) is 12.3 Å². The summed E-state index contributed by atoms with van der Waals surface area (Å²) >= 11 is 1.85. The van der Waals surface area contributed by atoms with Crippen molar-refractivity contribution in [1.82, 2.24) is 5.32 Å². The summed E-state index contributed by atoms with van der Waals surface area (Å²) in [6.45, 7) is 9.57. The quantitative estimate of drug-likeness (QED) is 0.794. The predicted octanol–water partition coefficient (Wildman–Crippen LogP) is 3.70. The van der Waals surface area contributed by atoms with Gasteiger partial charge >= 0.3 is 0 Å². The monoisotopic (exact) mass is 267 g/mol. The van der Waals surface area contributed by atoms with Gasteiger partial charge in [-0.15, -0.1) is 11.8 Å². The van der Waals surface area contributed by atoms with Crippen LogP contribution in [0.2, 0.25) is 0 Å². The second kappa shape index (κ2) is 7.17. The van der Waals surface area contributed by atoms with Gasteiger partial charge in [0.1, 0.15) is 0 Å². The Hall–Kier alpha value is -0.510. The van der Waals surface area contributed by atoms with Gasteiger partial charge in [0, 0.05) is 29.8 Å². The zero-order valence-corrected chi connectivity index (χ0v) is 12.9. The second-order valence-corrected chi connectivity index (χ2v) is 6.70. The molecule has 0 saturated carbocycles. The lowest BCUT2D eigenvalue weighted by Gasteiger charge is -2.20. The summed E-state index contributed by atoms with van der Waals surface area (Å²) < 4.78 is 5.26. The van der Waals surface area contributed by atoms with Crippen molar-refractivity contribution in [3.8, 4) is 0 Å². The third kappa shape index (κ3) is 6.43. The molecular weight excluding hydrogens is 242 g/mol. The van der Waals surface area contributed by atoms with E-state index < -0.39 is 0 Å². The first-order valence-electron chi connectivity index (χ1n) is 6.40. The van der Waals surface area contributed by atoms with Crippen LogP contribution in [-0.4, -0.2) is 24.5 Å². The first-order valence-corrected chi connectivity index (χ1v) is 7.39. The summed E-state index contributed by atoms with van der Waals surface area (Å²) in [5, 5.41) is 3.51. The third-order valence-corrected chi connectivity index (χ3v) is 3.83. The molecule has 1 rings (SSSR count). The molecule has 0 aromatic heterocycles. The molecule has 0 aliphatic carbocycles. The molecule has 0 aliphatic rings. The van der Waals surface area contributed by atoms with Crippen molar-refractivity contribution in [2.45, 2.75) is 50.8 Å². The standard InChI is InChI=1S/C15H25NOS/c1-12(17-5)11-18-14-8-6-7-13(9-14)10-16-15(2,3)4/h6-9,12,16H,10-11H2,1-5H3. The van der Waals surface area contributed by atoms with E-state index in [0.29, 0.717) is 6.10 Å². The molecule has 0 aliphatic heterocycles. The molecule has 1 aromatic rings. The molecule has 0 spiro atoms. The lowest BCUT2D eigenvalue weighted by atomic mass is 10.1. The Balaban J connectivity index is 2.51. The molecule has 0 fully saturated rings. The highest BCUT2D eigenvalue weighted by Gasteiger charge is 2.08. The van der Waals surface area contributed by atoms with Crippen molar-refractivity contribution in [3.63, 3.8) is 0 Å². The van der Waals surface area contributed by atoms with E-state index in [4.69, 9.17) is 4.74 Å². The Bertz CT molecular complexity index is 360. The molecule has 102 valence electrons. The van der Waals surface area contributed by atoms with E-state index in [1.165, 1.54) is 10.5 Å². The number of hydrogen-bond donors (Lipinski definition) is 1. The van der Waals surface area contributed by atoms with Crippen LogP contribution < -0.4 is 5.32 Å². The lowest BCUT2D eigenvalue weighted by Crippen LogP contribution is -2.35. The summed E-state index contributed by atoms with van der Waals surface area (Å²) in [6, 6.07) is 8.71.